The number of likely N-dealkylation sites (tertiary alicyclic amines) is 1. The molecule has 5 nitrogen and oxygen atoms in total. The second kappa shape index (κ2) is 5.32. The molecule has 2 fully saturated rings. The lowest BCUT2D eigenvalue weighted by Crippen LogP contribution is -2.74. The molecule has 4 atom stereocenters. The molecule has 1 saturated carbocycles. The van der Waals surface area contributed by atoms with Crippen LogP contribution in [0.2, 0.25) is 0 Å². The van der Waals surface area contributed by atoms with Crippen molar-refractivity contribution in [3.8, 4) is 11.5 Å². The number of alkyl halides is 1. The van der Waals surface area contributed by atoms with Gasteiger partial charge in [-0.3, -0.25) is 4.90 Å². The Kier molecular flexibility index (Phi) is 2.98. The molecule has 3 aromatic rings. The van der Waals surface area contributed by atoms with Crippen LogP contribution in [0.15, 0.2) is 36.4 Å². The van der Waals surface area contributed by atoms with Crippen LogP contribution in [0.1, 0.15) is 47.8 Å². The molecule has 1 spiro atoms. The number of para-hydroxylation sites is 1. The van der Waals surface area contributed by atoms with Crippen LogP contribution < -0.4 is 4.74 Å². The van der Waals surface area contributed by atoms with Gasteiger partial charge in [0.2, 0.25) is 0 Å². The van der Waals surface area contributed by atoms with Gasteiger partial charge in [-0.1, -0.05) is 24.3 Å². The Morgan fingerprint density at radius 1 is 1.16 bits per heavy atom. The van der Waals surface area contributed by atoms with E-state index in [-0.39, 0.29) is 11.8 Å². The Bertz CT molecular complexity index is 1330. The van der Waals surface area contributed by atoms with Crippen molar-refractivity contribution >= 4 is 10.9 Å². The summed E-state index contributed by atoms with van der Waals surface area (Å²) in [6.45, 7) is 1.12. The maximum absolute atomic E-state index is 14.9. The van der Waals surface area contributed by atoms with Crippen molar-refractivity contribution in [2.45, 2.75) is 60.9 Å². The first-order valence-corrected chi connectivity index (χ1v) is 11.7. The summed E-state index contributed by atoms with van der Waals surface area (Å²) in [4.78, 5) is 5.80. The molecule has 1 saturated heterocycles. The van der Waals surface area contributed by atoms with Crippen molar-refractivity contribution in [2.24, 2.45) is 0 Å². The minimum Gasteiger partial charge on any atom is -0.504 e. The van der Waals surface area contributed by atoms with Crippen LogP contribution in [-0.4, -0.2) is 50.5 Å². The smallest absolute Gasteiger partial charge is 0.166 e. The van der Waals surface area contributed by atoms with Crippen LogP contribution in [-0.2, 0) is 18.3 Å². The summed E-state index contributed by atoms with van der Waals surface area (Å²) >= 11 is 0. The van der Waals surface area contributed by atoms with E-state index in [4.69, 9.17) is 4.74 Å². The Morgan fingerprint density at radius 3 is 2.84 bits per heavy atom. The van der Waals surface area contributed by atoms with Gasteiger partial charge in [-0.15, -0.1) is 0 Å². The molecule has 3 aliphatic carbocycles. The average Bonchev–Trinajstić information content (AvgIpc) is 3.23. The SMILES string of the molecule is Oc1ccc2c3c1O[C@H]1c4[nH]c5ccccc5c4C[C@@]4(O)[C@@H](C2)N(CC2(F)CC2)CC[C@]314. The number of phenols is 1. The van der Waals surface area contributed by atoms with Crippen molar-refractivity contribution in [1.82, 2.24) is 9.88 Å². The van der Waals surface area contributed by atoms with E-state index >= 15 is 0 Å². The number of aromatic nitrogens is 1. The Labute approximate surface area is 184 Å². The summed E-state index contributed by atoms with van der Waals surface area (Å²) in [5, 5.41) is 24.5. The number of nitrogens with one attached hydrogen (secondary N) is 1. The van der Waals surface area contributed by atoms with Gasteiger partial charge in [0.25, 0.3) is 0 Å². The quantitative estimate of drug-likeness (QED) is 0.578. The highest BCUT2D eigenvalue weighted by atomic mass is 19.1. The van der Waals surface area contributed by atoms with Crippen LogP contribution in [0.5, 0.6) is 11.5 Å². The maximum Gasteiger partial charge on any atom is 0.166 e. The van der Waals surface area contributed by atoms with Crippen LogP contribution in [0.25, 0.3) is 10.9 Å². The van der Waals surface area contributed by atoms with Crippen molar-refractivity contribution in [3.05, 3.63) is 58.8 Å². The van der Waals surface area contributed by atoms with Crippen LogP contribution >= 0.6 is 0 Å². The molecule has 3 heterocycles. The first kappa shape index (κ1) is 17.9. The zero-order valence-electron chi connectivity index (χ0n) is 17.7. The number of benzene rings is 2. The predicted molar refractivity (Wildman–Crippen MR) is 117 cm³/mol. The number of rotatable bonds is 2. The van der Waals surface area contributed by atoms with E-state index < -0.39 is 22.8 Å². The highest BCUT2D eigenvalue weighted by Crippen LogP contribution is 2.69. The van der Waals surface area contributed by atoms with E-state index in [0.717, 1.165) is 39.8 Å². The van der Waals surface area contributed by atoms with Gasteiger partial charge in [-0.05, 0) is 55.5 Å². The second-order valence-electron chi connectivity index (χ2n) is 10.7. The molecule has 0 unspecified atom stereocenters. The minimum absolute atomic E-state index is 0.133. The summed E-state index contributed by atoms with van der Waals surface area (Å²) in [6.07, 6.45) is 2.67. The van der Waals surface area contributed by atoms with Gasteiger partial charge in [0, 0.05) is 35.5 Å². The van der Waals surface area contributed by atoms with Gasteiger partial charge in [0.15, 0.2) is 17.6 Å². The third-order valence-corrected chi connectivity index (χ3v) is 9.16. The first-order valence-electron chi connectivity index (χ1n) is 11.7. The van der Waals surface area contributed by atoms with Gasteiger partial charge in [-0.2, -0.15) is 0 Å². The zero-order valence-corrected chi connectivity index (χ0v) is 17.7. The summed E-state index contributed by atoms with van der Waals surface area (Å²) in [5.74, 6) is 0.655. The highest BCUT2D eigenvalue weighted by Gasteiger charge is 2.73. The van der Waals surface area contributed by atoms with Crippen molar-refractivity contribution in [3.63, 3.8) is 0 Å². The Morgan fingerprint density at radius 2 is 2.00 bits per heavy atom. The number of nitrogens with zero attached hydrogens (tertiary/aromatic N) is 1. The number of ether oxygens (including phenoxy) is 1. The minimum atomic E-state index is -1.10. The van der Waals surface area contributed by atoms with Crippen molar-refractivity contribution in [1.29, 1.82) is 0 Å². The zero-order chi connectivity index (χ0) is 21.5. The molecular formula is C26H25FN2O3. The summed E-state index contributed by atoms with van der Waals surface area (Å²) in [6, 6.07) is 11.7. The number of aliphatic hydroxyl groups is 1. The molecule has 0 amide bonds. The normalized spacial score (nSPS) is 35.3. The fourth-order valence-electron chi connectivity index (χ4n) is 7.57. The van der Waals surface area contributed by atoms with E-state index in [1.807, 2.05) is 18.2 Å². The number of aromatic hydroxyl groups is 1. The van der Waals surface area contributed by atoms with Crippen molar-refractivity contribution in [2.75, 3.05) is 13.1 Å². The Hall–Kier alpha value is -2.57. The molecule has 8 rings (SSSR count). The average molecular weight is 432 g/mol. The monoisotopic (exact) mass is 432 g/mol. The van der Waals surface area contributed by atoms with E-state index in [2.05, 4.69) is 22.0 Å². The number of aromatic amines is 1. The van der Waals surface area contributed by atoms with Gasteiger partial charge >= 0.3 is 0 Å². The van der Waals surface area contributed by atoms with Crippen LogP contribution in [0.4, 0.5) is 4.39 Å². The fraction of sp³-hybridized carbons (Fsp3) is 0.462. The summed E-state index contributed by atoms with van der Waals surface area (Å²) < 4.78 is 21.4. The molecule has 3 N–H and O–H groups in total. The first-order chi connectivity index (χ1) is 15.4. The third kappa shape index (κ3) is 1.86. The highest BCUT2D eigenvalue weighted by molar-refractivity contribution is 5.86. The van der Waals surface area contributed by atoms with E-state index in [9.17, 15) is 14.6 Å². The standard InChI is InChI=1S/C26H25FN2O3/c27-24(7-8-24)13-29-10-9-25-20-14-5-6-18(30)22(20)32-23(25)21-16(12-26(25,31)19(29)11-14)15-3-1-2-4-17(15)28-21/h1-6,19,23,28,30-31H,7-13H2/t19-,23+,25+,26-/m1/s1. The van der Waals surface area contributed by atoms with Gasteiger partial charge in [-0.25, -0.2) is 4.39 Å². The lowest BCUT2D eigenvalue weighted by atomic mass is 9.49. The van der Waals surface area contributed by atoms with Crippen LogP contribution in [0, 0.1) is 0 Å². The molecule has 0 radical (unpaired) electrons. The van der Waals surface area contributed by atoms with Crippen molar-refractivity contribution < 1.29 is 19.3 Å². The largest absolute Gasteiger partial charge is 0.504 e. The maximum atomic E-state index is 14.9. The number of H-pyrrole nitrogens is 1. The van der Waals surface area contributed by atoms with Crippen LogP contribution in [0.3, 0.4) is 0 Å². The number of fused-ring (bicyclic) bond motifs is 4. The van der Waals surface area contributed by atoms with Gasteiger partial charge < -0.3 is 19.9 Å². The molecule has 6 heteroatoms. The second-order valence-corrected chi connectivity index (χ2v) is 10.7. The number of halogens is 1. The molecular weight excluding hydrogens is 407 g/mol. The lowest BCUT2D eigenvalue weighted by Gasteiger charge is -2.62. The van der Waals surface area contributed by atoms with E-state index in [1.54, 1.807) is 6.07 Å². The number of hydrogen-bond acceptors (Lipinski definition) is 4. The Balaban J connectivity index is 1.41. The topological polar surface area (TPSA) is 68.7 Å². The molecule has 32 heavy (non-hydrogen) atoms. The molecule has 5 aliphatic rings. The number of hydrogen-bond donors (Lipinski definition) is 3. The lowest BCUT2D eigenvalue weighted by molar-refractivity contribution is -0.175. The molecule has 164 valence electrons. The predicted octanol–water partition coefficient (Wildman–Crippen LogP) is 3.66. The van der Waals surface area contributed by atoms with Gasteiger partial charge in [0.05, 0.1) is 16.7 Å². The van der Waals surface area contributed by atoms with Gasteiger partial charge in [0.1, 0.15) is 5.67 Å². The van der Waals surface area contributed by atoms with E-state index in [1.165, 1.54) is 0 Å². The summed E-state index contributed by atoms with van der Waals surface area (Å²) in [7, 11) is 0. The molecule has 2 aromatic carbocycles. The third-order valence-electron chi connectivity index (χ3n) is 9.16. The molecule has 1 aromatic heterocycles. The number of phenolic OH excluding ortho intramolecular Hbond substituents is 1. The summed E-state index contributed by atoms with van der Waals surface area (Å²) in [5.41, 5.74) is 2.39. The molecule has 2 aliphatic heterocycles. The van der Waals surface area contributed by atoms with E-state index in [0.29, 0.717) is 44.4 Å². The fourth-order valence-corrected chi connectivity index (χ4v) is 7.57. The molecule has 2 bridgehead atoms. The number of piperidine rings is 1.